The second-order valence-corrected chi connectivity index (χ2v) is 7.56. The van der Waals surface area contributed by atoms with Crippen LogP contribution in [0.5, 0.6) is 0 Å². The zero-order valence-electron chi connectivity index (χ0n) is 13.8. The summed E-state index contributed by atoms with van der Waals surface area (Å²) in [7, 11) is 0. The lowest BCUT2D eigenvalue weighted by atomic mass is 9.89. The summed E-state index contributed by atoms with van der Waals surface area (Å²) in [5.74, 6) is 1.76. The molecule has 0 radical (unpaired) electrons. The van der Waals surface area contributed by atoms with Crippen LogP contribution < -0.4 is 5.32 Å². The van der Waals surface area contributed by atoms with E-state index in [-0.39, 0.29) is 5.54 Å². The third-order valence-corrected chi connectivity index (χ3v) is 4.12. The lowest BCUT2D eigenvalue weighted by molar-refractivity contribution is 0.287. The van der Waals surface area contributed by atoms with Crippen LogP contribution >= 0.6 is 0 Å². The van der Waals surface area contributed by atoms with Gasteiger partial charge < -0.3 is 5.32 Å². The summed E-state index contributed by atoms with van der Waals surface area (Å²) in [5, 5.41) is 3.53. The molecule has 1 atom stereocenters. The molecule has 0 amide bonds. The first kappa shape index (κ1) is 16.7. The molecule has 19 heavy (non-hydrogen) atoms. The van der Waals surface area contributed by atoms with Crippen LogP contribution in [0.1, 0.15) is 53.9 Å². The second kappa shape index (κ2) is 7.44. The van der Waals surface area contributed by atoms with Crippen molar-refractivity contribution in [1.29, 1.82) is 0 Å². The summed E-state index contributed by atoms with van der Waals surface area (Å²) >= 11 is 0. The zero-order chi connectivity index (χ0) is 14.5. The number of likely N-dealkylation sites (tertiary alicyclic amines) is 1. The maximum absolute atomic E-state index is 4.23. The van der Waals surface area contributed by atoms with Gasteiger partial charge in [0.25, 0.3) is 0 Å². The highest BCUT2D eigenvalue weighted by Gasteiger charge is 2.19. The van der Waals surface area contributed by atoms with Crippen LogP contribution in [-0.2, 0) is 0 Å². The van der Waals surface area contributed by atoms with E-state index in [1.54, 1.807) is 0 Å². The Balaban J connectivity index is 2.31. The fourth-order valence-electron chi connectivity index (χ4n) is 2.77. The quantitative estimate of drug-likeness (QED) is 0.764. The normalized spacial score (nSPS) is 22.5. The molecule has 2 heteroatoms. The highest BCUT2D eigenvalue weighted by atomic mass is 15.1. The maximum atomic E-state index is 4.23. The summed E-state index contributed by atoms with van der Waals surface area (Å²) in [5.41, 5.74) is 1.50. The monoisotopic (exact) mass is 266 g/mol. The minimum absolute atomic E-state index is 0.185. The molecule has 0 aliphatic carbocycles. The van der Waals surface area contributed by atoms with Crippen molar-refractivity contribution in [3.8, 4) is 0 Å². The average molecular weight is 266 g/mol. The molecule has 1 fully saturated rings. The first-order valence-electron chi connectivity index (χ1n) is 7.92. The topological polar surface area (TPSA) is 15.3 Å². The fraction of sp³-hybridized carbons (Fsp3) is 0.882. The average Bonchev–Trinajstić information content (AvgIpc) is 2.51. The Hall–Kier alpha value is -0.340. The Morgan fingerprint density at radius 2 is 1.95 bits per heavy atom. The van der Waals surface area contributed by atoms with E-state index in [0.29, 0.717) is 0 Å². The molecule has 0 bridgehead atoms. The summed E-state index contributed by atoms with van der Waals surface area (Å²) in [6, 6.07) is 0. The highest BCUT2D eigenvalue weighted by molar-refractivity contribution is 5.01. The van der Waals surface area contributed by atoms with E-state index in [9.17, 15) is 0 Å². The van der Waals surface area contributed by atoms with Crippen LogP contribution in [0.2, 0.25) is 0 Å². The second-order valence-electron chi connectivity index (χ2n) is 7.56. The minimum Gasteiger partial charge on any atom is -0.308 e. The van der Waals surface area contributed by atoms with Crippen LogP contribution in [0, 0.1) is 11.8 Å². The molecule has 0 spiro atoms. The van der Waals surface area contributed by atoms with E-state index in [1.807, 2.05) is 0 Å². The Morgan fingerprint density at radius 1 is 1.26 bits per heavy atom. The number of hydrogen-bond acceptors (Lipinski definition) is 2. The number of nitrogens with zero attached hydrogens (tertiary/aromatic N) is 1. The van der Waals surface area contributed by atoms with Gasteiger partial charge >= 0.3 is 0 Å². The van der Waals surface area contributed by atoms with E-state index < -0.39 is 0 Å². The Kier molecular flexibility index (Phi) is 6.55. The van der Waals surface area contributed by atoms with Crippen molar-refractivity contribution in [2.45, 2.75) is 59.4 Å². The van der Waals surface area contributed by atoms with Crippen molar-refractivity contribution < 1.29 is 0 Å². The van der Waals surface area contributed by atoms with Crippen molar-refractivity contribution in [2.24, 2.45) is 11.8 Å². The van der Waals surface area contributed by atoms with Crippen LogP contribution in [0.4, 0.5) is 0 Å². The Morgan fingerprint density at radius 3 is 2.53 bits per heavy atom. The summed E-state index contributed by atoms with van der Waals surface area (Å²) in [6.45, 7) is 20.1. The van der Waals surface area contributed by atoms with Crippen molar-refractivity contribution in [2.75, 3.05) is 26.2 Å². The maximum Gasteiger partial charge on any atom is 0.0202 e. The molecular weight excluding hydrogens is 232 g/mol. The SMILES string of the molecule is C=C(CNC(C)(C)C)CN1CCCC(C(C)C)CC1. The standard InChI is InChI=1S/C17H34N2/c1-14(2)16-8-7-10-19(11-9-16)13-15(3)12-18-17(4,5)6/h14,16,18H,3,7-13H2,1-2,4-6H3. The molecule has 1 heterocycles. The highest BCUT2D eigenvalue weighted by Crippen LogP contribution is 2.24. The smallest absolute Gasteiger partial charge is 0.0202 e. The molecule has 1 aliphatic rings. The van der Waals surface area contributed by atoms with Gasteiger partial charge in [0, 0.05) is 18.6 Å². The third kappa shape index (κ3) is 7.12. The number of nitrogens with one attached hydrogen (secondary N) is 1. The molecule has 1 aliphatic heterocycles. The van der Waals surface area contributed by atoms with Crippen molar-refractivity contribution in [1.82, 2.24) is 10.2 Å². The van der Waals surface area contributed by atoms with Crippen LogP contribution in [-0.4, -0.2) is 36.6 Å². The van der Waals surface area contributed by atoms with Gasteiger partial charge in [-0.05, 0) is 70.5 Å². The molecule has 0 saturated carbocycles. The molecule has 1 rings (SSSR count). The lowest BCUT2D eigenvalue weighted by Crippen LogP contribution is -2.39. The largest absolute Gasteiger partial charge is 0.308 e. The van der Waals surface area contributed by atoms with Crippen LogP contribution in [0.3, 0.4) is 0 Å². The molecule has 0 aromatic rings. The van der Waals surface area contributed by atoms with Crippen LogP contribution in [0.25, 0.3) is 0 Å². The van der Waals surface area contributed by atoms with Gasteiger partial charge in [-0.2, -0.15) is 0 Å². The minimum atomic E-state index is 0.185. The number of hydrogen-bond donors (Lipinski definition) is 1. The molecule has 112 valence electrons. The summed E-state index contributed by atoms with van der Waals surface area (Å²) in [6.07, 6.45) is 4.11. The van der Waals surface area contributed by atoms with Crippen molar-refractivity contribution in [3.05, 3.63) is 12.2 Å². The summed E-state index contributed by atoms with van der Waals surface area (Å²) in [4.78, 5) is 2.59. The van der Waals surface area contributed by atoms with Gasteiger partial charge in [0.05, 0.1) is 0 Å². The predicted octanol–water partition coefficient (Wildman–Crippen LogP) is 3.69. The molecule has 1 saturated heterocycles. The molecule has 1 N–H and O–H groups in total. The first-order chi connectivity index (χ1) is 8.78. The number of rotatable bonds is 5. The predicted molar refractivity (Wildman–Crippen MR) is 85.5 cm³/mol. The summed E-state index contributed by atoms with van der Waals surface area (Å²) < 4.78 is 0. The molecule has 1 unspecified atom stereocenters. The van der Waals surface area contributed by atoms with Gasteiger partial charge in [-0.25, -0.2) is 0 Å². The Bertz CT molecular complexity index is 275. The molecule has 2 nitrogen and oxygen atoms in total. The van der Waals surface area contributed by atoms with Gasteiger partial charge in [-0.1, -0.05) is 20.4 Å². The Labute approximate surface area is 120 Å². The van der Waals surface area contributed by atoms with Gasteiger partial charge in [0.1, 0.15) is 0 Å². The lowest BCUT2D eigenvalue weighted by Gasteiger charge is -2.25. The molecule has 0 aromatic heterocycles. The van der Waals surface area contributed by atoms with E-state index in [4.69, 9.17) is 0 Å². The molecular formula is C17H34N2. The molecule has 0 aromatic carbocycles. The van der Waals surface area contributed by atoms with Gasteiger partial charge in [0.15, 0.2) is 0 Å². The van der Waals surface area contributed by atoms with Crippen molar-refractivity contribution in [3.63, 3.8) is 0 Å². The van der Waals surface area contributed by atoms with Crippen LogP contribution in [0.15, 0.2) is 12.2 Å². The van der Waals surface area contributed by atoms with E-state index >= 15 is 0 Å². The van der Waals surface area contributed by atoms with E-state index in [0.717, 1.165) is 24.9 Å². The fourth-order valence-corrected chi connectivity index (χ4v) is 2.77. The third-order valence-electron chi connectivity index (χ3n) is 4.12. The first-order valence-corrected chi connectivity index (χ1v) is 7.92. The van der Waals surface area contributed by atoms with Gasteiger partial charge in [0.2, 0.25) is 0 Å². The van der Waals surface area contributed by atoms with Gasteiger partial charge in [-0.15, -0.1) is 0 Å². The van der Waals surface area contributed by atoms with Crippen molar-refractivity contribution >= 4 is 0 Å². The van der Waals surface area contributed by atoms with Gasteiger partial charge in [-0.3, -0.25) is 4.90 Å². The zero-order valence-corrected chi connectivity index (χ0v) is 13.8. The van der Waals surface area contributed by atoms with E-state index in [1.165, 1.54) is 37.9 Å². The van der Waals surface area contributed by atoms with E-state index in [2.05, 4.69) is 51.4 Å².